The third-order valence-corrected chi connectivity index (χ3v) is 4.14. The van der Waals surface area contributed by atoms with Gasteiger partial charge in [-0.1, -0.05) is 11.6 Å². The molecule has 18 heavy (non-hydrogen) atoms. The number of hydrogen-bond acceptors (Lipinski definition) is 2. The monoisotopic (exact) mass is 378 g/mol. The second-order valence-electron chi connectivity index (χ2n) is 4.39. The number of benzene rings is 1. The second kappa shape index (κ2) is 6.10. The predicted octanol–water partition coefficient (Wildman–Crippen LogP) is 3.37. The Labute approximate surface area is 126 Å². The lowest BCUT2D eigenvalue weighted by molar-refractivity contribution is -0.129. The highest BCUT2D eigenvalue weighted by atomic mass is 127. The number of amides is 1. The van der Waals surface area contributed by atoms with Crippen LogP contribution in [-0.2, 0) is 4.79 Å². The van der Waals surface area contributed by atoms with Gasteiger partial charge in [-0.25, -0.2) is 0 Å². The Morgan fingerprint density at radius 3 is 2.83 bits per heavy atom. The third kappa shape index (κ3) is 3.51. The molecule has 0 bridgehead atoms. The van der Waals surface area contributed by atoms with E-state index in [0.717, 1.165) is 28.6 Å². The first-order chi connectivity index (χ1) is 8.61. The first kappa shape index (κ1) is 13.9. The van der Waals surface area contributed by atoms with Gasteiger partial charge in [0.05, 0.1) is 6.54 Å². The maximum Gasteiger partial charge on any atom is 0.242 e. The lowest BCUT2D eigenvalue weighted by Crippen LogP contribution is -2.37. The maximum absolute atomic E-state index is 12.0. The van der Waals surface area contributed by atoms with Crippen molar-refractivity contribution >= 4 is 45.8 Å². The van der Waals surface area contributed by atoms with Crippen molar-refractivity contribution in [2.75, 3.05) is 18.4 Å². The first-order valence-electron chi connectivity index (χ1n) is 6.10. The average molecular weight is 379 g/mol. The number of nitrogens with one attached hydrogen (secondary N) is 1. The largest absolute Gasteiger partial charge is 0.375 e. The zero-order valence-corrected chi connectivity index (χ0v) is 13.2. The summed E-state index contributed by atoms with van der Waals surface area (Å²) >= 11 is 8.11. The van der Waals surface area contributed by atoms with Gasteiger partial charge in [-0.05, 0) is 60.6 Å². The average Bonchev–Trinajstić information content (AvgIpc) is 3.13. The molecule has 1 aliphatic rings. The van der Waals surface area contributed by atoms with E-state index in [9.17, 15) is 4.79 Å². The van der Waals surface area contributed by atoms with Crippen LogP contribution in [0.2, 0.25) is 5.02 Å². The number of nitrogens with zero attached hydrogens (tertiary/aromatic N) is 1. The summed E-state index contributed by atoms with van der Waals surface area (Å²) in [5.41, 5.74) is 0.959. The fraction of sp³-hybridized carbons (Fsp3) is 0.462. The van der Waals surface area contributed by atoms with Crippen molar-refractivity contribution < 1.29 is 4.79 Å². The van der Waals surface area contributed by atoms with Crippen LogP contribution in [-0.4, -0.2) is 29.9 Å². The van der Waals surface area contributed by atoms with E-state index in [1.165, 1.54) is 0 Å². The van der Waals surface area contributed by atoms with Crippen molar-refractivity contribution in [2.45, 2.75) is 25.8 Å². The molecule has 1 saturated carbocycles. The molecule has 0 spiro atoms. The molecule has 0 aromatic heterocycles. The van der Waals surface area contributed by atoms with Gasteiger partial charge in [0.25, 0.3) is 0 Å². The standard InChI is InChI=1S/C13H16ClIN2O/c1-2-17(10-4-5-10)13(18)8-16-12-6-3-9(14)7-11(12)15/h3,6-7,10,16H,2,4-5,8H2,1H3. The van der Waals surface area contributed by atoms with E-state index in [1.807, 2.05) is 30.0 Å². The van der Waals surface area contributed by atoms with Crippen LogP contribution in [0.4, 0.5) is 5.69 Å². The van der Waals surface area contributed by atoms with E-state index >= 15 is 0 Å². The summed E-state index contributed by atoms with van der Waals surface area (Å²) < 4.78 is 1.03. The molecule has 3 nitrogen and oxygen atoms in total. The molecule has 0 heterocycles. The Morgan fingerprint density at radius 2 is 2.28 bits per heavy atom. The summed E-state index contributed by atoms with van der Waals surface area (Å²) in [6.45, 7) is 3.17. The zero-order valence-electron chi connectivity index (χ0n) is 10.2. The minimum absolute atomic E-state index is 0.172. The lowest BCUT2D eigenvalue weighted by Gasteiger charge is -2.21. The van der Waals surface area contributed by atoms with Crippen LogP contribution in [0.5, 0.6) is 0 Å². The van der Waals surface area contributed by atoms with Gasteiger partial charge in [0.2, 0.25) is 5.91 Å². The normalized spacial score (nSPS) is 14.4. The molecule has 1 amide bonds. The number of anilines is 1. The second-order valence-corrected chi connectivity index (χ2v) is 5.99. The zero-order chi connectivity index (χ0) is 13.1. The van der Waals surface area contributed by atoms with Gasteiger partial charge in [0.1, 0.15) is 0 Å². The molecular formula is C13H16ClIN2O. The van der Waals surface area contributed by atoms with Crippen LogP contribution in [0, 0.1) is 3.57 Å². The van der Waals surface area contributed by atoms with Crippen LogP contribution in [0.15, 0.2) is 18.2 Å². The highest BCUT2D eigenvalue weighted by Crippen LogP contribution is 2.27. The van der Waals surface area contributed by atoms with Gasteiger partial charge in [0.15, 0.2) is 0 Å². The van der Waals surface area contributed by atoms with E-state index in [-0.39, 0.29) is 5.91 Å². The molecule has 1 aromatic rings. The maximum atomic E-state index is 12.0. The van der Waals surface area contributed by atoms with Crippen LogP contribution in [0.3, 0.4) is 0 Å². The topological polar surface area (TPSA) is 32.3 Å². The molecule has 0 saturated heterocycles. The van der Waals surface area contributed by atoms with Crippen LogP contribution in [0.1, 0.15) is 19.8 Å². The number of hydrogen-bond donors (Lipinski definition) is 1. The van der Waals surface area contributed by atoms with Gasteiger partial charge in [0, 0.05) is 26.9 Å². The van der Waals surface area contributed by atoms with Crippen molar-refractivity contribution in [3.05, 3.63) is 26.8 Å². The van der Waals surface area contributed by atoms with Gasteiger partial charge in [-0.15, -0.1) is 0 Å². The summed E-state index contributed by atoms with van der Waals surface area (Å²) in [6.07, 6.45) is 2.30. The first-order valence-corrected chi connectivity index (χ1v) is 7.56. The molecule has 1 N–H and O–H groups in total. The Hall–Kier alpha value is -0.490. The van der Waals surface area contributed by atoms with E-state index in [1.54, 1.807) is 0 Å². The van der Waals surface area contributed by atoms with E-state index in [0.29, 0.717) is 17.6 Å². The highest BCUT2D eigenvalue weighted by molar-refractivity contribution is 14.1. The summed E-state index contributed by atoms with van der Waals surface area (Å²) in [4.78, 5) is 14.0. The molecule has 0 unspecified atom stereocenters. The fourth-order valence-corrected chi connectivity index (χ4v) is 2.99. The van der Waals surface area contributed by atoms with Gasteiger partial charge in [-0.3, -0.25) is 4.79 Å². The van der Waals surface area contributed by atoms with Crippen molar-refractivity contribution in [1.29, 1.82) is 0 Å². The SMILES string of the molecule is CCN(C(=O)CNc1ccc(Cl)cc1I)C1CC1. The summed E-state index contributed by atoms with van der Waals surface area (Å²) in [7, 11) is 0. The van der Waals surface area contributed by atoms with Crippen molar-refractivity contribution in [1.82, 2.24) is 4.90 Å². The summed E-state index contributed by atoms with van der Waals surface area (Å²) in [5.74, 6) is 0.172. The van der Waals surface area contributed by atoms with Gasteiger partial charge in [-0.2, -0.15) is 0 Å². The van der Waals surface area contributed by atoms with E-state index in [4.69, 9.17) is 11.6 Å². The fourth-order valence-electron chi connectivity index (χ4n) is 1.93. The van der Waals surface area contributed by atoms with Crippen LogP contribution < -0.4 is 5.32 Å². The minimum Gasteiger partial charge on any atom is -0.375 e. The Balaban J connectivity index is 1.92. The number of likely N-dealkylation sites (N-methyl/N-ethyl adjacent to an activating group) is 1. The summed E-state index contributed by atoms with van der Waals surface area (Å²) in [5, 5.41) is 3.89. The highest BCUT2D eigenvalue weighted by Gasteiger charge is 2.30. The third-order valence-electron chi connectivity index (χ3n) is 3.01. The molecule has 5 heteroatoms. The molecule has 1 aromatic carbocycles. The van der Waals surface area contributed by atoms with E-state index < -0.39 is 0 Å². The van der Waals surface area contributed by atoms with E-state index in [2.05, 4.69) is 27.9 Å². The van der Waals surface area contributed by atoms with Crippen molar-refractivity contribution in [2.24, 2.45) is 0 Å². The Morgan fingerprint density at radius 1 is 1.56 bits per heavy atom. The van der Waals surface area contributed by atoms with Crippen LogP contribution >= 0.6 is 34.2 Å². The smallest absolute Gasteiger partial charge is 0.242 e. The number of rotatable bonds is 5. The van der Waals surface area contributed by atoms with Crippen molar-refractivity contribution in [3.63, 3.8) is 0 Å². The number of carbonyl (C=O) groups is 1. The summed E-state index contributed by atoms with van der Waals surface area (Å²) in [6, 6.07) is 6.10. The van der Waals surface area contributed by atoms with Crippen molar-refractivity contribution in [3.8, 4) is 0 Å². The lowest BCUT2D eigenvalue weighted by atomic mass is 10.3. The molecule has 1 fully saturated rings. The Bertz CT molecular complexity index is 449. The molecule has 2 rings (SSSR count). The van der Waals surface area contributed by atoms with Gasteiger partial charge >= 0.3 is 0 Å². The number of carbonyl (C=O) groups excluding carboxylic acids is 1. The minimum atomic E-state index is 0.172. The molecule has 0 radical (unpaired) electrons. The molecule has 1 aliphatic carbocycles. The predicted molar refractivity (Wildman–Crippen MR) is 83.1 cm³/mol. The molecule has 98 valence electrons. The molecule has 0 atom stereocenters. The van der Waals surface area contributed by atoms with Crippen LogP contribution in [0.25, 0.3) is 0 Å². The molecular weight excluding hydrogens is 363 g/mol. The molecule has 0 aliphatic heterocycles. The Kier molecular flexibility index (Phi) is 4.72. The van der Waals surface area contributed by atoms with Gasteiger partial charge < -0.3 is 10.2 Å². The number of halogens is 2. The quantitative estimate of drug-likeness (QED) is 0.797.